The number of hydrogen-bond donors (Lipinski definition) is 1. The van der Waals surface area contributed by atoms with Crippen molar-refractivity contribution in [1.82, 2.24) is 0 Å². The van der Waals surface area contributed by atoms with Gasteiger partial charge in [-0.15, -0.1) is 0 Å². The molecule has 2 nitrogen and oxygen atoms in total. The molecule has 1 rings (SSSR count). The summed E-state index contributed by atoms with van der Waals surface area (Å²) in [6, 6.07) is 1.93. The number of methoxy groups -OCH3 is 1. The van der Waals surface area contributed by atoms with Gasteiger partial charge in [-0.25, -0.2) is 0 Å². The van der Waals surface area contributed by atoms with Crippen LogP contribution in [0.3, 0.4) is 0 Å². The Bertz CT molecular complexity index is 363. The van der Waals surface area contributed by atoms with Gasteiger partial charge in [0.25, 0.3) is 0 Å². The van der Waals surface area contributed by atoms with Gasteiger partial charge in [-0.3, -0.25) is 0 Å². The maximum Gasteiger partial charge on any atom is 0.141 e. The van der Waals surface area contributed by atoms with Crippen LogP contribution in [-0.2, 0) is 0 Å². The lowest BCUT2D eigenvalue weighted by Crippen LogP contribution is -2.12. The summed E-state index contributed by atoms with van der Waals surface area (Å²) >= 11 is 6.14. The van der Waals surface area contributed by atoms with Crippen molar-refractivity contribution in [3.63, 3.8) is 0 Å². The Hall–Kier alpha value is -0.730. The molecule has 0 fully saturated rings. The zero-order chi connectivity index (χ0) is 11.6. The van der Waals surface area contributed by atoms with E-state index in [1.807, 2.05) is 13.0 Å². The average Bonchev–Trinajstić information content (AvgIpc) is 2.21. The van der Waals surface area contributed by atoms with Gasteiger partial charge in [0.05, 0.1) is 12.1 Å². The fourth-order valence-electron chi connectivity index (χ4n) is 1.79. The average molecular weight is 228 g/mol. The molecule has 0 amide bonds. The van der Waals surface area contributed by atoms with Crippen LogP contribution in [0.25, 0.3) is 0 Å². The Morgan fingerprint density at radius 2 is 2.07 bits per heavy atom. The lowest BCUT2D eigenvalue weighted by atomic mass is 9.92. The van der Waals surface area contributed by atoms with Crippen molar-refractivity contribution < 1.29 is 4.74 Å². The van der Waals surface area contributed by atoms with Crippen LogP contribution in [0.4, 0.5) is 0 Å². The number of benzene rings is 1. The minimum Gasteiger partial charge on any atom is -0.495 e. The summed E-state index contributed by atoms with van der Waals surface area (Å²) in [6.07, 6.45) is 0. The van der Waals surface area contributed by atoms with Crippen molar-refractivity contribution in [2.24, 2.45) is 5.73 Å². The number of nitrogens with two attached hydrogens (primary N) is 1. The van der Waals surface area contributed by atoms with E-state index in [0.717, 1.165) is 11.3 Å². The van der Waals surface area contributed by atoms with Gasteiger partial charge in [0, 0.05) is 5.56 Å². The molecule has 0 saturated heterocycles. The highest BCUT2D eigenvalue weighted by atomic mass is 35.5. The van der Waals surface area contributed by atoms with Crippen LogP contribution in [0.5, 0.6) is 5.75 Å². The topological polar surface area (TPSA) is 35.2 Å². The molecule has 1 aromatic carbocycles. The normalized spacial score (nSPS) is 12.7. The van der Waals surface area contributed by atoms with Gasteiger partial charge in [0.1, 0.15) is 5.75 Å². The first-order valence-electron chi connectivity index (χ1n) is 5.06. The SMILES string of the molecule is COc1c(Cl)cc(C)c(C)c1C(C)CN. The third-order valence-electron chi connectivity index (χ3n) is 2.85. The molecule has 2 N–H and O–H groups in total. The summed E-state index contributed by atoms with van der Waals surface area (Å²) in [5, 5.41) is 0.663. The van der Waals surface area contributed by atoms with Crippen molar-refractivity contribution in [2.75, 3.05) is 13.7 Å². The molecular formula is C12H18ClNO. The van der Waals surface area contributed by atoms with Crippen molar-refractivity contribution in [3.8, 4) is 5.75 Å². The van der Waals surface area contributed by atoms with E-state index < -0.39 is 0 Å². The largest absolute Gasteiger partial charge is 0.495 e. The van der Waals surface area contributed by atoms with E-state index in [4.69, 9.17) is 22.1 Å². The van der Waals surface area contributed by atoms with Gasteiger partial charge in [-0.05, 0) is 43.5 Å². The molecule has 84 valence electrons. The predicted octanol–water partition coefficient (Wildman–Crippen LogP) is 3.03. The summed E-state index contributed by atoms with van der Waals surface area (Å²) in [5.74, 6) is 1.02. The Kier molecular flexibility index (Phi) is 4.00. The third-order valence-corrected chi connectivity index (χ3v) is 3.13. The first-order chi connectivity index (χ1) is 7.02. The quantitative estimate of drug-likeness (QED) is 0.862. The highest BCUT2D eigenvalue weighted by molar-refractivity contribution is 6.32. The molecule has 0 aliphatic rings. The lowest BCUT2D eigenvalue weighted by Gasteiger charge is -2.19. The van der Waals surface area contributed by atoms with Crippen LogP contribution >= 0.6 is 11.6 Å². The Morgan fingerprint density at radius 1 is 1.47 bits per heavy atom. The first kappa shape index (κ1) is 12.3. The van der Waals surface area contributed by atoms with Gasteiger partial charge in [0.15, 0.2) is 0 Å². The molecule has 0 bridgehead atoms. The molecule has 0 spiro atoms. The molecular weight excluding hydrogens is 210 g/mol. The van der Waals surface area contributed by atoms with Gasteiger partial charge in [-0.1, -0.05) is 18.5 Å². The molecule has 15 heavy (non-hydrogen) atoms. The Labute approximate surface area is 96.4 Å². The fourth-order valence-corrected chi connectivity index (χ4v) is 2.14. The Balaban J connectivity index is 3.43. The highest BCUT2D eigenvalue weighted by Crippen LogP contribution is 2.37. The van der Waals surface area contributed by atoms with Gasteiger partial charge >= 0.3 is 0 Å². The van der Waals surface area contributed by atoms with E-state index >= 15 is 0 Å². The number of aryl methyl sites for hydroxylation is 1. The van der Waals surface area contributed by atoms with Gasteiger partial charge in [0.2, 0.25) is 0 Å². The predicted molar refractivity (Wildman–Crippen MR) is 64.9 cm³/mol. The first-order valence-corrected chi connectivity index (χ1v) is 5.44. The molecule has 0 aliphatic heterocycles. The molecule has 0 heterocycles. The van der Waals surface area contributed by atoms with Crippen molar-refractivity contribution in [2.45, 2.75) is 26.7 Å². The minimum atomic E-state index is 0.261. The maximum absolute atomic E-state index is 6.14. The standard InChI is InChI=1S/C12H18ClNO/c1-7-5-10(13)12(15-4)11(9(7)3)8(2)6-14/h5,8H,6,14H2,1-4H3. The number of ether oxygens (including phenoxy) is 1. The van der Waals surface area contributed by atoms with Crippen LogP contribution < -0.4 is 10.5 Å². The molecule has 1 aromatic rings. The smallest absolute Gasteiger partial charge is 0.141 e. The molecule has 0 aliphatic carbocycles. The van der Waals surface area contributed by atoms with E-state index in [9.17, 15) is 0 Å². The van der Waals surface area contributed by atoms with E-state index in [0.29, 0.717) is 11.6 Å². The summed E-state index contributed by atoms with van der Waals surface area (Å²) in [6.45, 7) is 6.81. The van der Waals surface area contributed by atoms with Crippen LogP contribution in [0.15, 0.2) is 6.07 Å². The summed E-state index contributed by atoms with van der Waals surface area (Å²) in [7, 11) is 1.64. The van der Waals surface area contributed by atoms with Crippen molar-refractivity contribution in [1.29, 1.82) is 0 Å². The second kappa shape index (κ2) is 4.86. The molecule has 1 atom stereocenters. The lowest BCUT2D eigenvalue weighted by molar-refractivity contribution is 0.406. The van der Waals surface area contributed by atoms with Crippen molar-refractivity contribution >= 4 is 11.6 Å². The Morgan fingerprint density at radius 3 is 2.53 bits per heavy atom. The number of halogens is 1. The molecule has 3 heteroatoms. The van der Waals surface area contributed by atoms with E-state index in [1.54, 1.807) is 7.11 Å². The van der Waals surface area contributed by atoms with Gasteiger partial charge < -0.3 is 10.5 Å². The maximum atomic E-state index is 6.14. The van der Waals surface area contributed by atoms with E-state index in [-0.39, 0.29) is 5.92 Å². The van der Waals surface area contributed by atoms with E-state index in [1.165, 1.54) is 11.1 Å². The zero-order valence-corrected chi connectivity index (χ0v) is 10.5. The third kappa shape index (κ3) is 2.27. The second-order valence-electron chi connectivity index (χ2n) is 3.88. The van der Waals surface area contributed by atoms with E-state index in [2.05, 4.69) is 13.8 Å². The summed E-state index contributed by atoms with van der Waals surface area (Å²) in [5.41, 5.74) is 9.22. The zero-order valence-electron chi connectivity index (χ0n) is 9.73. The van der Waals surface area contributed by atoms with Gasteiger partial charge in [-0.2, -0.15) is 0 Å². The molecule has 0 radical (unpaired) electrons. The fraction of sp³-hybridized carbons (Fsp3) is 0.500. The summed E-state index contributed by atoms with van der Waals surface area (Å²) in [4.78, 5) is 0. The monoisotopic (exact) mass is 227 g/mol. The minimum absolute atomic E-state index is 0.261. The van der Waals surface area contributed by atoms with Crippen LogP contribution in [-0.4, -0.2) is 13.7 Å². The molecule has 1 unspecified atom stereocenters. The second-order valence-corrected chi connectivity index (χ2v) is 4.29. The van der Waals surface area contributed by atoms with Crippen LogP contribution in [0.1, 0.15) is 29.5 Å². The number of rotatable bonds is 3. The molecule has 0 saturated carbocycles. The van der Waals surface area contributed by atoms with Crippen molar-refractivity contribution in [3.05, 3.63) is 27.8 Å². The van der Waals surface area contributed by atoms with Crippen LogP contribution in [0.2, 0.25) is 5.02 Å². The number of hydrogen-bond acceptors (Lipinski definition) is 2. The highest BCUT2D eigenvalue weighted by Gasteiger charge is 2.17. The molecule has 0 aromatic heterocycles. The van der Waals surface area contributed by atoms with Crippen LogP contribution in [0, 0.1) is 13.8 Å². The summed E-state index contributed by atoms with van der Waals surface area (Å²) < 4.78 is 5.35.